The summed E-state index contributed by atoms with van der Waals surface area (Å²) in [4.78, 5) is 2.22. The molecule has 1 N–H and O–H groups in total. The second-order valence-corrected chi connectivity index (χ2v) is 4.67. The second kappa shape index (κ2) is 6.72. The van der Waals surface area contributed by atoms with Crippen LogP contribution in [0.4, 0.5) is 4.39 Å². The summed E-state index contributed by atoms with van der Waals surface area (Å²) in [6.07, 6.45) is 0. The minimum atomic E-state index is -0.129. The van der Waals surface area contributed by atoms with Crippen LogP contribution in [-0.4, -0.2) is 31.1 Å². The van der Waals surface area contributed by atoms with Crippen molar-refractivity contribution in [2.45, 2.75) is 32.9 Å². The summed E-state index contributed by atoms with van der Waals surface area (Å²) in [5, 5.41) is 3.34. The fourth-order valence-corrected chi connectivity index (χ4v) is 1.78. The van der Waals surface area contributed by atoms with E-state index in [1.807, 2.05) is 19.1 Å². The highest BCUT2D eigenvalue weighted by atomic mass is 19.1. The van der Waals surface area contributed by atoms with Gasteiger partial charge < -0.3 is 10.2 Å². The maximum absolute atomic E-state index is 13.8. The second-order valence-electron chi connectivity index (χ2n) is 4.67. The average molecular weight is 238 g/mol. The van der Waals surface area contributed by atoms with Crippen LogP contribution < -0.4 is 5.32 Å². The lowest BCUT2D eigenvalue weighted by Crippen LogP contribution is -2.36. The molecule has 96 valence electrons. The zero-order chi connectivity index (χ0) is 12.8. The van der Waals surface area contributed by atoms with Crippen LogP contribution in [0.2, 0.25) is 0 Å². The number of hydrogen-bond donors (Lipinski definition) is 1. The molecule has 0 spiro atoms. The summed E-state index contributed by atoms with van der Waals surface area (Å²) in [5.74, 6) is -0.129. The molecule has 0 aromatic heterocycles. The van der Waals surface area contributed by atoms with Gasteiger partial charge in [0.1, 0.15) is 5.82 Å². The van der Waals surface area contributed by atoms with Gasteiger partial charge >= 0.3 is 0 Å². The molecule has 0 saturated carbocycles. The minimum absolute atomic E-state index is 0.0496. The molecule has 0 aliphatic heterocycles. The van der Waals surface area contributed by atoms with Crippen molar-refractivity contribution < 1.29 is 4.39 Å². The van der Waals surface area contributed by atoms with E-state index in [-0.39, 0.29) is 11.9 Å². The Balaban J connectivity index is 2.82. The molecule has 17 heavy (non-hydrogen) atoms. The molecule has 1 unspecified atom stereocenters. The lowest BCUT2D eigenvalue weighted by atomic mass is 10.1. The average Bonchev–Trinajstić information content (AvgIpc) is 2.29. The third kappa shape index (κ3) is 4.10. The van der Waals surface area contributed by atoms with Crippen LogP contribution in [0, 0.1) is 5.82 Å². The lowest BCUT2D eigenvalue weighted by Gasteiger charge is -2.28. The van der Waals surface area contributed by atoms with Gasteiger partial charge in [-0.25, -0.2) is 4.39 Å². The van der Waals surface area contributed by atoms with Crippen molar-refractivity contribution >= 4 is 0 Å². The normalized spacial score (nSPS) is 13.4. The smallest absolute Gasteiger partial charge is 0.128 e. The van der Waals surface area contributed by atoms with E-state index >= 15 is 0 Å². The van der Waals surface area contributed by atoms with Crippen LogP contribution in [0.25, 0.3) is 0 Å². The van der Waals surface area contributed by atoms with Gasteiger partial charge in [0, 0.05) is 24.2 Å². The van der Waals surface area contributed by atoms with Crippen molar-refractivity contribution in [3.05, 3.63) is 35.6 Å². The topological polar surface area (TPSA) is 15.3 Å². The highest BCUT2D eigenvalue weighted by Crippen LogP contribution is 2.18. The Morgan fingerprint density at radius 3 is 2.47 bits per heavy atom. The minimum Gasteiger partial charge on any atom is -0.309 e. The molecule has 0 fully saturated rings. The first-order valence-electron chi connectivity index (χ1n) is 6.24. The fourth-order valence-electron chi connectivity index (χ4n) is 1.78. The monoisotopic (exact) mass is 238 g/mol. The van der Waals surface area contributed by atoms with Crippen LogP contribution in [0.3, 0.4) is 0 Å². The molecule has 1 atom stereocenters. The van der Waals surface area contributed by atoms with E-state index in [1.165, 1.54) is 6.07 Å². The Hall–Kier alpha value is -0.930. The summed E-state index contributed by atoms with van der Waals surface area (Å²) < 4.78 is 13.8. The predicted molar refractivity (Wildman–Crippen MR) is 70.6 cm³/mol. The van der Waals surface area contributed by atoms with Crippen LogP contribution in [0.1, 0.15) is 32.4 Å². The molecule has 1 aromatic rings. The molecule has 2 nitrogen and oxygen atoms in total. The molecular formula is C14H23FN2. The Morgan fingerprint density at radius 1 is 1.29 bits per heavy atom. The van der Waals surface area contributed by atoms with E-state index in [0.29, 0.717) is 6.04 Å². The molecule has 0 aliphatic rings. The summed E-state index contributed by atoms with van der Waals surface area (Å²) in [6, 6.07) is 7.51. The first kappa shape index (κ1) is 14.1. The molecule has 0 heterocycles. The number of likely N-dealkylation sites (N-methyl/N-ethyl adjacent to an activating group) is 2. The van der Waals surface area contributed by atoms with Gasteiger partial charge in [0.25, 0.3) is 0 Å². The van der Waals surface area contributed by atoms with Crippen molar-refractivity contribution in [1.82, 2.24) is 10.2 Å². The molecule has 0 bridgehead atoms. The largest absolute Gasteiger partial charge is 0.309 e. The molecule has 0 saturated heterocycles. The van der Waals surface area contributed by atoms with Crippen molar-refractivity contribution in [3.63, 3.8) is 0 Å². The maximum Gasteiger partial charge on any atom is 0.128 e. The van der Waals surface area contributed by atoms with E-state index in [2.05, 4.69) is 31.1 Å². The van der Waals surface area contributed by atoms with Gasteiger partial charge in [-0.05, 0) is 33.5 Å². The zero-order valence-electron chi connectivity index (χ0n) is 11.2. The van der Waals surface area contributed by atoms with Crippen molar-refractivity contribution in [2.24, 2.45) is 0 Å². The number of nitrogens with one attached hydrogen (secondary N) is 1. The Bertz CT molecular complexity index is 339. The van der Waals surface area contributed by atoms with Gasteiger partial charge in [0.15, 0.2) is 0 Å². The van der Waals surface area contributed by atoms with Gasteiger partial charge in [-0.15, -0.1) is 0 Å². The summed E-state index contributed by atoms with van der Waals surface area (Å²) >= 11 is 0. The summed E-state index contributed by atoms with van der Waals surface area (Å²) in [7, 11) is 2.07. The lowest BCUT2D eigenvalue weighted by molar-refractivity contribution is 0.241. The Kier molecular flexibility index (Phi) is 5.59. The van der Waals surface area contributed by atoms with Crippen LogP contribution in [0.15, 0.2) is 24.3 Å². The van der Waals surface area contributed by atoms with Crippen molar-refractivity contribution in [1.29, 1.82) is 0 Å². The van der Waals surface area contributed by atoms with E-state index in [4.69, 9.17) is 0 Å². The van der Waals surface area contributed by atoms with Crippen LogP contribution in [-0.2, 0) is 0 Å². The molecule has 0 radical (unpaired) electrons. The van der Waals surface area contributed by atoms with E-state index in [0.717, 1.165) is 18.7 Å². The van der Waals surface area contributed by atoms with Gasteiger partial charge in [-0.3, -0.25) is 0 Å². The van der Waals surface area contributed by atoms with Crippen LogP contribution >= 0.6 is 0 Å². The highest BCUT2D eigenvalue weighted by molar-refractivity contribution is 5.21. The number of halogens is 1. The molecule has 1 aromatic carbocycles. The van der Waals surface area contributed by atoms with Gasteiger partial charge in [0.2, 0.25) is 0 Å². The first-order valence-corrected chi connectivity index (χ1v) is 6.24. The summed E-state index contributed by atoms with van der Waals surface area (Å²) in [6.45, 7) is 7.98. The zero-order valence-corrected chi connectivity index (χ0v) is 11.2. The highest BCUT2D eigenvalue weighted by Gasteiger charge is 2.17. The Labute approximate surface area is 104 Å². The van der Waals surface area contributed by atoms with Gasteiger partial charge in [-0.1, -0.05) is 25.1 Å². The van der Waals surface area contributed by atoms with Gasteiger partial charge in [0.05, 0.1) is 0 Å². The number of nitrogens with zero attached hydrogens (tertiary/aromatic N) is 1. The number of rotatable bonds is 6. The number of benzene rings is 1. The van der Waals surface area contributed by atoms with Crippen LogP contribution in [0.5, 0.6) is 0 Å². The number of hydrogen-bond acceptors (Lipinski definition) is 2. The quantitative estimate of drug-likeness (QED) is 0.820. The predicted octanol–water partition coefficient (Wildman–Crippen LogP) is 2.82. The SMILES string of the molecule is CCNC(CN(C)C(C)C)c1ccccc1F. The fraction of sp³-hybridized carbons (Fsp3) is 0.571. The standard InChI is InChI=1S/C14H23FN2/c1-5-16-14(10-17(4)11(2)3)12-8-6-7-9-13(12)15/h6-9,11,14,16H,5,10H2,1-4H3. The Morgan fingerprint density at radius 2 is 1.94 bits per heavy atom. The first-order chi connectivity index (χ1) is 8.06. The third-order valence-electron chi connectivity index (χ3n) is 3.08. The van der Waals surface area contributed by atoms with E-state index in [1.54, 1.807) is 6.07 Å². The summed E-state index contributed by atoms with van der Waals surface area (Å²) in [5.41, 5.74) is 0.752. The molecule has 0 aliphatic carbocycles. The molecule has 1 rings (SSSR count). The van der Waals surface area contributed by atoms with Crippen molar-refractivity contribution in [3.8, 4) is 0 Å². The molecule has 0 amide bonds. The van der Waals surface area contributed by atoms with Crippen molar-refractivity contribution in [2.75, 3.05) is 20.1 Å². The van der Waals surface area contributed by atoms with E-state index < -0.39 is 0 Å². The molecular weight excluding hydrogens is 215 g/mol. The third-order valence-corrected chi connectivity index (χ3v) is 3.08. The maximum atomic E-state index is 13.8. The molecule has 3 heteroatoms. The van der Waals surface area contributed by atoms with Gasteiger partial charge in [-0.2, -0.15) is 0 Å². The van der Waals surface area contributed by atoms with E-state index in [9.17, 15) is 4.39 Å².